The summed E-state index contributed by atoms with van der Waals surface area (Å²) in [6, 6.07) is 16.3. The number of likely N-dealkylation sites (N-methyl/N-ethyl adjacent to an activating group) is 1. The van der Waals surface area contributed by atoms with Crippen LogP contribution >= 0.6 is 0 Å². The van der Waals surface area contributed by atoms with Gasteiger partial charge in [-0.15, -0.1) is 0 Å². The molecule has 0 amide bonds. The molecule has 0 atom stereocenters. The number of para-hydroxylation sites is 1. The van der Waals surface area contributed by atoms with Gasteiger partial charge in [-0.3, -0.25) is 15.1 Å². The van der Waals surface area contributed by atoms with Crippen LogP contribution in [0.4, 0.5) is 4.39 Å². The monoisotopic (exact) mass is 493 g/mol. The van der Waals surface area contributed by atoms with Gasteiger partial charge >= 0.3 is 0 Å². The van der Waals surface area contributed by atoms with Gasteiger partial charge in [0.1, 0.15) is 23.9 Å². The first-order chi connectivity index (χ1) is 18.1. The lowest BCUT2D eigenvalue weighted by atomic mass is 10.0. The summed E-state index contributed by atoms with van der Waals surface area (Å²) in [5, 5.41) is 8.41. The van der Waals surface area contributed by atoms with Gasteiger partial charge in [0.2, 0.25) is 0 Å². The number of benzene rings is 2. The highest BCUT2D eigenvalue weighted by Gasteiger charge is 2.17. The third-order valence-corrected chi connectivity index (χ3v) is 6.16. The minimum atomic E-state index is -0.290. The molecule has 6 aromatic rings. The molecule has 184 valence electrons. The third-order valence-electron chi connectivity index (χ3n) is 6.16. The van der Waals surface area contributed by atoms with Crippen molar-refractivity contribution in [1.82, 2.24) is 35.0 Å². The van der Waals surface area contributed by atoms with E-state index in [1.54, 1.807) is 30.7 Å². The SMILES string of the molecule is CN(C)CCOc1cncc(-c2cc3c(-c4nc5c(-c6ccccc6F)cccc5[nH]4)n[nH]c3cn2)c1. The summed E-state index contributed by atoms with van der Waals surface area (Å²) in [4.78, 5) is 19.2. The van der Waals surface area contributed by atoms with Crippen molar-refractivity contribution in [2.45, 2.75) is 0 Å². The lowest BCUT2D eigenvalue weighted by Gasteiger charge is -2.11. The molecule has 0 aliphatic rings. The Bertz CT molecular complexity index is 1720. The first-order valence-corrected chi connectivity index (χ1v) is 11.9. The second-order valence-electron chi connectivity index (χ2n) is 9.02. The summed E-state index contributed by atoms with van der Waals surface area (Å²) in [6.07, 6.45) is 5.20. The zero-order chi connectivity index (χ0) is 25.4. The molecule has 0 bridgehead atoms. The normalized spacial score (nSPS) is 11.6. The fourth-order valence-electron chi connectivity index (χ4n) is 4.28. The number of fused-ring (bicyclic) bond motifs is 2. The van der Waals surface area contributed by atoms with Gasteiger partial charge in [-0.1, -0.05) is 30.3 Å². The largest absolute Gasteiger partial charge is 0.491 e. The number of hydrogen-bond donors (Lipinski definition) is 2. The van der Waals surface area contributed by atoms with E-state index >= 15 is 0 Å². The molecule has 0 fully saturated rings. The Labute approximate surface area is 212 Å². The number of ether oxygens (including phenoxy) is 1. The van der Waals surface area contributed by atoms with Crippen LogP contribution in [0.15, 0.2) is 73.2 Å². The number of rotatable bonds is 7. The molecule has 8 nitrogen and oxygen atoms in total. The predicted octanol–water partition coefficient (Wildman–Crippen LogP) is 5.31. The molecular formula is C28H24FN7O. The molecule has 0 aliphatic heterocycles. The molecule has 0 unspecified atom stereocenters. The Kier molecular flexibility index (Phi) is 5.82. The molecule has 9 heteroatoms. The van der Waals surface area contributed by atoms with E-state index in [4.69, 9.17) is 9.72 Å². The standard InChI is InChI=1S/C28H24FN7O/c1-36(2)10-11-37-18-12-17(14-30-15-18)24-13-21-25(16-31-24)34-35-27(21)28-32-23-9-5-7-20(26(23)33-28)19-6-3-4-8-22(19)29/h3-9,12-16H,10-11H2,1-2H3,(H,32,33)(H,34,35). The number of nitrogens with zero attached hydrogens (tertiary/aromatic N) is 5. The van der Waals surface area contributed by atoms with Crippen LogP contribution in [-0.4, -0.2) is 62.3 Å². The Hall–Kier alpha value is -4.63. The van der Waals surface area contributed by atoms with Gasteiger partial charge in [0, 0.05) is 34.8 Å². The molecule has 2 aromatic carbocycles. The van der Waals surface area contributed by atoms with E-state index in [-0.39, 0.29) is 5.82 Å². The van der Waals surface area contributed by atoms with Crippen LogP contribution in [0.2, 0.25) is 0 Å². The number of pyridine rings is 2. The minimum absolute atomic E-state index is 0.290. The smallest absolute Gasteiger partial charge is 0.159 e. The van der Waals surface area contributed by atoms with E-state index < -0.39 is 0 Å². The molecule has 4 aromatic heterocycles. The van der Waals surface area contributed by atoms with Crippen molar-refractivity contribution < 1.29 is 9.13 Å². The minimum Gasteiger partial charge on any atom is -0.491 e. The first-order valence-electron chi connectivity index (χ1n) is 11.9. The molecule has 0 radical (unpaired) electrons. The summed E-state index contributed by atoms with van der Waals surface area (Å²) in [5.74, 6) is 0.981. The average Bonchev–Trinajstić information content (AvgIpc) is 3.52. The molecule has 0 saturated carbocycles. The van der Waals surface area contributed by atoms with Crippen LogP contribution in [0, 0.1) is 5.82 Å². The number of H-pyrrole nitrogens is 2. The van der Waals surface area contributed by atoms with Gasteiger partial charge in [0.15, 0.2) is 5.82 Å². The Morgan fingerprint density at radius 1 is 0.946 bits per heavy atom. The topological polar surface area (TPSA) is 95.6 Å². The highest BCUT2D eigenvalue weighted by atomic mass is 19.1. The summed E-state index contributed by atoms with van der Waals surface area (Å²) in [7, 11) is 4.00. The van der Waals surface area contributed by atoms with Crippen molar-refractivity contribution >= 4 is 21.9 Å². The zero-order valence-corrected chi connectivity index (χ0v) is 20.4. The zero-order valence-electron chi connectivity index (χ0n) is 20.4. The Morgan fingerprint density at radius 2 is 1.81 bits per heavy atom. The summed E-state index contributed by atoms with van der Waals surface area (Å²) >= 11 is 0. The molecular weight excluding hydrogens is 469 g/mol. The number of aromatic nitrogens is 6. The number of aromatic amines is 2. The lowest BCUT2D eigenvalue weighted by molar-refractivity contribution is 0.261. The highest BCUT2D eigenvalue weighted by Crippen LogP contribution is 2.33. The maximum Gasteiger partial charge on any atom is 0.159 e. The number of imidazole rings is 1. The van der Waals surface area contributed by atoms with E-state index in [1.165, 1.54) is 6.07 Å². The van der Waals surface area contributed by atoms with E-state index in [0.29, 0.717) is 35.0 Å². The molecule has 37 heavy (non-hydrogen) atoms. The van der Waals surface area contributed by atoms with Crippen molar-refractivity contribution in [2.24, 2.45) is 0 Å². The molecule has 2 N–H and O–H groups in total. The molecule has 0 aliphatic carbocycles. The van der Waals surface area contributed by atoms with Gasteiger partial charge in [-0.05, 0) is 38.4 Å². The number of nitrogens with one attached hydrogen (secondary N) is 2. The van der Waals surface area contributed by atoms with Crippen LogP contribution < -0.4 is 4.74 Å². The van der Waals surface area contributed by atoms with Crippen molar-refractivity contribution in [1.29, 1.82) is 0 Å². The van der Waals surface area contributed by atoms with Crippen molar-refractivity contribution in [3.8, 4) is 39.7 Å². The van der Waals surface area contributed by atoms with E-state index in [9.17, 15) is 4.39 Å². The van der Waals surface area contributed by atoms with E-state index in [1.807, 2.05) is 50.5 Å². The Balaban J connectivity index is 1.39. The summed E-state index contributed by atoms with van der Waals surface area (Å²) < 4.78 is 20.4. The average molecular weight is 494 g/mol. The third kappa shape index (κ3) is 4.41. The van der Waals surface area contributed by atoms with Crippen LogP contribution in [0.25, 0.3) is 55.8 Å². The van der Waals surface area contributed by atoms with Crippen LogP contribution in [0.5, 0.6) is 5.75 Å². The van der Waals surface area contributed by atoms with E-state index in [0.717, 1.165) is 39.8 Å². The van der Waals surface area contributed by atoms with Gasteiger partial charge in [-0.25, -0.2) is 9.37 Å². The predicted molar refractivity (Wildman–Crippen MR) is 142 cm³/mol. The highest BCUT2D eigenvalue weighted by molar-refractivity contribution is 5.97. The van der Waals surface area contributed by atoms with Gasteiger partial charge in [0.25, 0.3) is 0 Å². The maximum absolute atomic E-state index is 14.6. The summed E-state index contributed by atoms with van der Waals surface area (Å²) in [5.41, 5.74) is 5.71. The van der Waals surface area contributed by atoms with Crippen molar-refractivity contribution in [2.75, 3.05) is 27.2 Å². The van der Waals surface area contributed by atoms with Crippen molar-refractivity contribution in [3.63, 3.8) is 0 Å². The maximum atomic E-state index is 14.6. The number of hydrogen-bond acceptors (Lipinski definition) is 6. The molecule has 4 heterocycles. The van der Waals surface area contributed by atoms with Crippen molar-refractivity contribution in [3.05, 3.63) is 79.0 Å². The van der Waals surface area contributed by atoms with Crippen LogP contribution in [0.3, 0.4) is 0 Å². The number of halogens is 1. The quantitative estimate of drug-likeness (QED) is 0.313. The van der Waals surface area contributed by atoms with Crippen LogP contribution in [0.1, 0.15) is 0 Å². The molecule has 6 rings (SSSR count). The first kappa shape index (κ1) is 22.8. The molecule has 0 spiro atoms. The fraction of sp³-hybridized carbons (Fsp3) is 0.143. The van der Waals surface area contributed by atoms with Gasteiger partial charge in [0.05, 0.1) is 34.6 Å². The van der Waals surface area contributed by atoms with Gasteiger partial charge in [-0.2, -0.15) is 5.10 Å². The van der Waals surface area contributed by atoms with E-state index in [2.05, 4.69) is 30.0 Å². The lowest BCUT2D eigenvalue weighted by Crippen LogP contribution is -2.19. The second-order valence-corrected chi connectivity index (χ2v) is 9.02. The van der Waals surface area contributed by atoms with Crippen LogP contribution in [-0.2, 0) is 0 Å². The second kappa shape index (κ2) is 9.44. The van der Waals surface area contributed by atoms with Gasteiger partial charge < -0.3 is 14.6 Å². The Morgan fingerprint density at radius 3 is 2.68 bits per heavy atom. The fourth-order valence-corrected chi connectivity index (χ4v) is 4.28. The molecule has 0 saturated heterocycles. The summed E-state index contributed by atoms with van der Waals surface area (Å²) in [6.45, 7) is 1.38.